The molecule has 0 rings (SSSR count). The second-order valence-electron chi connectivity index (χ2n) is 3.66. The Bertz CT molecular complexity index is 257. The smallest absolute Gasteiger partial charge is 0.325 e. The van der Waals surface area contributed by atoms with Crippen LogP contribution >= 0.6 is 0 Å². The molecule has 7 nitrogen and oxygen atoms in total. The number of aliphatic hydroxyl groups is 1. The number of ether oxygens (including phenoxy) is 4. The predicted molar refractivity (Wildman–Crippen MR) is 60.6 cm³/mol. The van der Waals surface area contributed by atoms with Crippen molar-refractivity contribution in [1.29, 1.82) is 0 Å². The van der Waals surface area contributed by atoms with Crippen molar-refractivity contribution in [1.82, 2.24) is 0 Å². The molecule has 0 saturated carbocycles. The zero-order chi connectivity index (χ0) is 14.2. The molecule has 0 fully saturated rings. The third-order valence-corrected chi connectivity index (χ3v) is 2.75. The molecule has 0 aliphatic heterocycles. The third-order valence-electron chi connectivity index (χ3n) is 2.75. The summed E-state index contributed by atoms with van der Waals surface area (Å²) in [6, 6.07) is 0. The van der Waals surface area contributed by atoms with Crippen LogP contribution in [0.25, 0.3) is 0 Å². The van der Waals surface area contributed by atoms with E-state index in [0.717, 1.165) is 14.2 Å². The van der Waals surface area contributed by atoms with E-state index in [1.807, 2.05) is 0 Å². The SMILES string of the molecule is COC(=O)C(CO)(CCC(OC)OC)C(=O)OC. The molecule has 0 radical (unpaired) electrons. The van der Waals surface area contributed by atoms with Crippen LogP contribution in [-0.4, -0.2) is 58.4 Å². The topological polar surface area (TPSA) is 91.3 Å². The standard InChI is InChI=1S/C11H20O7/c1-15-8(16-2)5-6-11(7-12,9(13)17-3)10(14)18-4/h8,12H,5-7H2,1-4H3. The van der Waals surface area contributed by atoms with Gasteiger partial charge in [-0.3, -0.25) is 9.59 Å². The minimum atomic E-state index is -1.74. The molecule has 0 aromatic carbocycles. The van der Waals surface area contributed by atoms with Gasteiger partial charge in [0.2, 0.25) is 0 Å². The Kier molecular flexibility index (Phi) is 7.49. The molecule has 0 bridgehead atoms. The van der Waals surface area contributed by atoms with Crippen molar-refractivity contribution in [2.75, 3.05) is 35.0 Å². The third kappa shape index (κ3) is 3.66. The average molecular weight is 264 g/mol. The van der Waals surface area contributed by atoms with E-state index in [-0.39, 0.29) is 12.8 Å². The first-order chi connectivity index (χ1) is 8.52. The Balaban J connectivity index is 4.96. The average Bonchev–Trinajstić information content (AvgIpc) is 2.42. The van der Waals surface area contributed by atoms with Gasteiger partial charge < -0.3 is 24.1 Å². The first-order valence-corrected chi connectivity index (χ1v) is 5.35. The molecular formula is C11H20O7. The Hall–Kier alpha value is -1.18. The molecule has 0 aromatic rings. The normalized spacial score (nSPS) is 11.4. The van der Waals surface area contributed by atoms with Gasteiger partial charge in [0.1, 0.15) is 0 Å². The number of carbonyl (C=O) groups is 2. The summed E-state index contributed by atoms with van der Waals surface area (Å²) in [5, 5.41) is 9.35. The van der Waals surface area contributed by atoms with Gasteiger partial charge in [-0.25, -0.2) is 0 Å². The molecule has 0 saturated heterocycles. The predicted octanol–water partition coefficient (Wildman–Crippen LogP) is -0.290. The van der Waals surface area contributed by atoms with Gasteiger partial charge in [-0.05, 0) is 6.42 Å². The Morgan fingerprint density at radius 2 is 1.50 bits per heavy atom. The van der Waals surface area contributed by atoms with E-state index in [9.17, 15) is 14.7 Å². The minimum Gasteiger partial charge on any atom is -0.468 e. The summed E-state index contributed by atoms with van der Waals surface area (Å²) in [4.78, 5) is 23.4. The maximum absolute atomic E-state index is 11.7. The monoisotopic (exact) mass is 264 g/mol. The highest BCUT2D eigenvalue weighted by Crippen LogP contribution is 2.28. The van der Waals surface area contributed by atoms with Crippen LogP contribution in [0.15, 0.2) is 0 Å². The molecule has 0 aliphatic rings. The van der Waals surface area contributed by atoms with Crippen LogP contribution in [0.3, 0.4) is 0 Å². The zero-order valence-corrected chi connectivity index (χ0v) is 11.1. The summed E-state index contributed by atoms with van der Waals surface area (Å²) in [5.41, 5.74) is -1.74. The molecule has 0 aliphatic carbocycles. The van der Waals surface area contributed by atoms with Gasteiger partial charge in [-0.2, -0.15) is 0 Å². The molecule has 7 heteroatoms. The van der Waals surface area contributed by atoms with E-state index < -0.39 is 30.3 Å². The molecular weight excluding hydrogens is 244 g/mol. The van der Waals surface area contributed by atoms with E-state index >= 15 is 0 Å². The highest BCUT2D eigenvalue weighted by Gasteiger charge is 2.48. The van der Waals surface area contributed by atoms with Crippen molar-refractivity contribution in [2.24, 2.45) is 5.41 Å². The number of hydrogen-bond donors (Lipinski definition) is 1. The molecule has 1 N–H and O–H groups in total. The highest BCUT2D eigenvalue weighted by molar-refractivity contribution is 6.00. The summed E-state index contributed by atoms with van der Waals surface area (Å²) in [5.74, 6) is -1.69. The summed E-state index contributed by atoms with van der Waals surface area (Å²) < 4.78 is 19.0. The van der Waals surface area contributed by atoms with Crippen LogP contribution in [0, 0.1) is 5.41 Å². The second kappa shape index (κ2) is 8.02. The van der Waals surface area contributed by atoms with Crippen molar-refractivity contribution in [2.45, 2.75) is 19.1 Å². The maximum atomic E-state index is 11.7. The van der Waals surface area contributed by atoms with E-state index in [2.05, 4.69) is 9.47 Å². The lowest BCUT2D eigenvalue weighted by Crippen LogP contribution is -2.45. The first kappa shape index (κ1) is 16.8. The number of aliphatic hydroxyl groups excluding tert-OH is 1. The van der Waals surface area contributed by atoms with Gasteiger partial charge in [0.15, 0.2) is 11.7 Å². The van der Waals surface area contributed by atoms with E-state index in [0.29, 0.717) is 0 Å². The van der Waals surface area contributed by atoms with Gasteiger partial charge in [0, 0.05) is 20.6 Å². The Morgan fingerprint density at radius 1 is 1.06 bits per heavy atom. The maximum Gasteiger partial charge on any atom is 0.325 e. The van der Waals surface area contributed by atoms with Crippen molar-refractivity contribution < 1.29 is 33.6 Å². The lowest BCUT2D eigenvalue weighted by Gasteiger charge is -2.27. The number of carbonyl (C=O) groups excluding carboxylic acids is 2. The van der Waals surface area contributed by atoms with Crippen LogP contribution in [0.1, 0.15) is 12.8 Å². The fourth-order valence-corrected chi connectivity index (χ4v) is 1.58. The van der Waals surface area contributed by atoms with Crippen molar-refractivity contribution in [3.05, 3.63) is 0 Å². The quantitative estimate of drug-likeness (QED) is 0.366. The van der Waals surface area contributed by atoms with Gasteiger partial charge in [0.05, 0.1) is 20.8 Å². The molecule has 0 atom stereocenters. The van der Waals surface area contributed by atoms with Gasteiger partial charge in [-0.1, -0.05) is 0 Å². The molecule has 0 heterocycles. The van der Waals surface area contributed by atoms with Crippen molar-refractivity contribution in [3.63, 3.8) is 0 Å². The molecule has 0 aromatic heterocycles. The van der Waals surface area contributed by atoms with Crippen LogP contribution in [0.2, 0.25) is 0 Å². The fraction of sp³-hybridized carbons (Fsp3) is 0.818. The Morgan fingerprint density at radius 3 is 1.78 bits per heavy atom. The second-order valence-corrected chi connectivity index (χ2v) is 3.66. The first-order valence-electron chi connectivity index (χ1n) is 5.35. The summed E-state index contributed by atoms with van der Waals surface area (Å²) >= 11 is 0. The molecule has 18 heavy (non-hydrogen) atoms. The molecule has 0 unspecified atom stereocenters. The molecule has 106 valence electrons. The van der Waals surface area contributed by atoms with Crippen molar-refractivity contribution >= 4 is 11.9 Å². The summed E-state index contributed by atoms with van der Waals surface area (Å²) in [6.45, 7) is -0.702. The van der Waals surface area contributed by atoms with Crippen LogP contribution in [0.5, 0.6) is 0 Å². The number of methoxy groups -OCH3 is 4. The highest BCUT2D eigenvalue weighted by atomic mass is 16.7. The van der Waals surface area contributed by atoms with Gasteiger partial charge in [0.25, 0.3) is 0 Å². The van der Waals surface area contributed by atoms with E-state index in [4.69, 9.17) is 9.47 Å². The van der Waals surface area contributed by atoms with E-state index in [1.54, 1.807) is 0 Å². The summed E-state index contributed by atoms with van der Waals surface area (Å²) in [7, 11) is 5.15. The zero-order valence-electron chi connectivity index (χ0n) is 11.1. The van der Waals surface area contributed by atoms with Crippen molar-refractivity contribution in [3.8, 4) is 0 Å². The van der Waals surface area contributed by atoms with Gasteiger partial charge >= 0.3 is 11.9 Å². The van der Waals surface area contributed by atoms with Crippen LogP contribution in [-0.2, 0) is 28.5 Å². The molecule has 0 amide bonds. The number of esters is 2. The van der Waals surface area contributed by atoms with Gasteiger partial charge in [-0.15, -0.1) is 0 Å². The number of hydrogen-bond acceptors (Lipinski definition) is 7. The lowest BCUT2D eigenvalue weighted by molar-refractivity contribution is -0.175. The number of rotatable bonds is 8. The fourth-order valence-electron chi connectivity index (χ4n) is 1.58. The van der Waals surface area contributed by atoms with Crippen LogP contribution in [0.4, 0.5) is 0 Å². The largest absolute Gasteiger partial charge is 0.468 e. The van der Waals surface area contributed by atoms with E-state index in [1.165, 1.54) is 14.2 Å². The molecule has 0 spiro atoms. The lowest BCUT2D eigenvalue weighted by atomic mass is 9.84. The minimum absolute atomic E-state index is 0.00477. The summed E-state index contributed by atoms with van der Waals surface area (Å²) in [6.07, 6.45) is -0.349. The Labute approximate surface area is 106 Å². The van der Waals surface area contributed by atoms with Crippen LogP contribution < -0.4 is 0 Å².